The van der Waals surface area contributed by atoms with Gasteiger partial charge in [0.05, 0.1) is 8.66 Å². The molecule has 0 atom stereocenters. The fraction of sp³-hybridized carbons (Fsp3) is 0.222. The Morgan fingerprint density at radius 3 is 2.83 bits per heavy atom. The summed E-state index contributed by atoms with van der Waals surface area (Å²) in [6.45, 7) is 0.392. The van der Waals surface area contributed by atoms with E-state index < -0.39 is 0 Å². The van der Waals surface area contributed by atoms with Crippen LogP contribution in [0.4, 0.5) is 5.13 Å². The standard InChI is InChI=1S/C9H7Br2N3O2S2/c1-16-3-6-13-14-9(18-6)12-8(15)5-2-4(10)7(11)17-5/h2H,3H2,1H3,(H,12,14,15). The van der Waals surface area contributed by atoms with E-state index in [1.807, 2.05) is 0 Å². The van der Waals surface area contributed by atoms with Gasteiger partial charge < -0.3 is 4.74 Å². The molecule has 0 aliphatic heterocycles. The molecule has 0 spiro atoms. The zero-order chi connectivity index (χ0) is 13.1. The van der Waals surface area contributed by atoms with Crippen molar-refractivity contribution >= 4 is 65.6 Å². The highest BCUT2D eigenvalue weighted by atomic mass is 79.9. The van der Waals surface area contributed by atoms with Crippen molar-refractivity contribution in [1.29, 1.82) is 0 Å². The molecular formula is C9H7Br2N3O2S2. The van der Waals surface area contributed by atoms with E-state index in [-0.39, 0.29) is 5.91 Å². The summed E-state index contributed by atoms with van der Waals surface area (Å²) < 4.78 is 6.67. The lowest BCUT2D eigenvalue weighted by Crippen LogP contribution is -2.09. The largest absolute Gasteiger partial charge is 0.377 e. The third-order valence-electron chi connectivity index (χ3n) is 1.82. The highest BCUT2D eigenvalue weighted by Gasteiger charge is 2.14. The SMILES string of the molecule is COCc1nnc(NC(=O)c2cc(Br)c(Br)s2)s1. The minimum absolute atomic E-state index is 0.202. The number of rotatable bonds is 4. The molecule has 5 nitrogen and oxygen atoms in total. The maximum absolute atomic E-state index is 11.9. The first-order valence-corrected chi connectivity index (χ1v) is 7.89. The van der Waals surface area contributed by atoms with Crippen LogP contribution in [0.15, 0.2) is 14.3 Å². The van der Waals surface area contributed by atoms with Crippen molar-refractivity contribution in [3.63, 3.8) is 0 Å². The fourth-order valence-corrected chi connectivity index (χ4v) is 3.74. The molecule has 2 heterocycles. The molecule has 2 aromatic heterocycles. The Balaban J connectivity index is 2.06. The molecule has 0 aliphatic rings. The minimum Gasteiger partial charge on any atom is -0.377 e. The van der Waals surface area contributed by atoms with Gasteiger partial charge in [0.2, 0.25) is 5.13 Å². The topological polar surface area (TPSA) is 64.1 Å². The summed E-state index contributed by atoms with van der Waals surface area (Å²) in [5.41, 5.74) is 0. The number of thiophene rings is 1. The van der Waals surface area contributed by atoms with Crippen molar-refractivity contribution in [3.05, 3.63) is 24.2 Å². The second-order valence-corrected chi connectivity index (χ2v) is 7.41. The van der Waals surface area contributed by atoms with Gasteiger partial charge in [0.25, 0.3) is 5.91 Å². The van der Waals surface area contributed by atoms with Crippen LogP contribution in [0.1, 0.15) is 14.7 Å². The van der Waals surface area contributed by atoms with Gasteiger partial charge in [-0.3, -0.25) is 10.1 Å². The number of ether oxygens (including phenoxy) is 1. The molecule has 0 unspecified atom stereocenters. The number of anilines is 1. The van der Waals surface area contributed by atoms with Gasteiger partial charge in [-0.05, 0) is 37.9 Å². The van der Waals surface area contributed by atoms with Gasteiger partial charge in [0.1, 0.15) is 11.6 Å². The Labute approximate surface area is 128 Å². The van der Waals surface area contributed by atoms with Crippen molar-refractivity contribution in [1.82, 2.24) is 10.2 Å². The molecule has 18 heavy (non-hydrogen) atoms. The predicted octanol–water partition coefficient (Wildman–Crippen LogP) is 3.52. The van der Waals surface area contributed by atoms with E-state index in [2.05, 4.69) is 47.4 Å². The fourth-order valence-electron chi connectivity index (χ4n) is 1.10. The number of nitrogens with one attached hydrogen (secondary N) is 1. The van der Waals surface area contributed by atoms with Crippen molar-refractivity contribution in [2.24, 2.45) is 0 Å². The molecule has 9 heteroatoms. The van der Waals surface area contributed by atoms with Crippen LogP contribution in [0.2, 0.25) is 0 Å². The summed E-state index contributed by atoms with van der Waals surface area (Å²) in [6.07, 6.45) is 0. The molecule has 96 valence electrons. The van der Waals surface area contributed by atoms with Crippen molar-refractivity contribution in [3.8, 4) is 0 Å². The Bertz CT molecular complexity index is 550. The third kappa shape index (κ3) is 3.35. The number of carbonyl (C=O) groups excluding carboxylic acids is 1. The molecule has 2 rings (SSSR count). The normalized spacial score (nSPS) is 10.6. The molecule has 0 saturated carbocycles. The highest BCUT2D eigenvalue weighted by molar-refractivity contribution is 9.13. The third-order valence-corrected chi connectivity index (χ3v) is 5.89. The van der Waals surface area contributed by atoms with E-state index in [0.29, 0.717) is 16.6 Å². The number of nitrogens with zero attached hydrogens (tertiary/aromatic N) is 2. The van der Waals surface area contributed by atoms with Gasteiger partial charge in [-0.25, -0.2) is 0 Å². The molecule has 1 N–H and O–H groups in total. The summed E-state index contributed by atoms with van der Waals surface area (Å²) in [6, 6.07) is 1.75. The number of hydrogen-bond donors (Lipinski definition) is 1. The van der Waals surface area contributed by atoms with Crippen LogP contribution in [0.25, 0.3) is 0 Å². The lowest BCUT2D eigenvalue weighted by molar-refractivity contribution is 0.103. The number of halogens is 2. The second kappa shape index (κ2) is 6.20. The van der Waals surface area contributed by atoms with Gasteiger partial charge in [-0.15, -0.1) is 21.5 Å². The van der Waals surface area contributed by atoms with E-state index >= 15 is 0 Å². The van der Waals surface area contributed by atoms with E-state index in [1.54, 1.807) is 13.2 Å². The average Bonchev–Trinajstić information content (AvgIpc) is 2.88. The van der Waals surface area contributed by atoms with E-state index in [4.69, 9.17) is 4.74 Å². The number of amides is 1. The minimum atomic E-state index is -0.202. The van der Waals surface area contributed by atoms with Gasteiger partial charge in [0, 0.05) is 11.6 Å². The Kier molecular flexibility index (Phi) is 4.84. The molecule has 1 amide bonds. The lowest BCUT2D eigenvalue weighted by atomic mass is 10.4. The number of hydrogen-bond acceptors (Lipinski definition) is 6. The van der Waals surface area contributed by atoms with Gasteiger partial charge in [-0.2, -0.15) is 0 Å². The quantitative estimate of drug-likeness (QED) is 0.834. The van der Waals surface area contributed by atoms with Crippen LogP contribution >= 0.6 is 54.5 Å². The number of methoxy groups -OCH3 is 1. The summed E-state index contributed by atoms with van der Waals surface area (Å²) >= 11 is 9.32. The van der Waals surface area contributed by atoms with Crippen molar-refractivity contribution in [2.75, 3.05) is 12.4 Å². The first-order chi connectivity index (χ1) is 8.60. The highest BCUT2D eigenvalue weighted by Crippen LogP contribution is 2.32. The predicted molar refractivity (Wildman–Crippen MR) is 78.3 cm³/mol. The summed E-state index contributed by atoms with van der Waals surface area (Å²) in [5.74, 6) is -0.202. The van der Waals surface area contributed by atoms with Gasteiger partial charge in [-0.1, -0.05) is 11.3 Å². The zero-order valence-electron chi connectivity index (χ0n) is 9.07. The molecule has 0 bridgehead atoms. The second-order valence-electron chi connectivity index (χ2n) is 3.12. The maximum atomic E-state index is 11.9. The Morgan fingerprint density at radius 1 is 1.44 bits per heavy atom. The molecule has 0 aliphatic carbocycles. The van der Waals surface area contributed by atoms with Crippen LogP contribution in [-0.2, 0) is 11.3 Å². The summed E-state index contributed by atoms with van der Waals surface area (Å²) in [4.78, 5) is 12.5. The molecule has 0 radical (unpaired) electrons. The summed E-state index contributed by atoms with van der Waals surface area (Å²) in [5, 5.41) is 11.6. The van der Waals surface area contributed by atoms with E-state index in [0.717, 1.165) is 13.3 Å². The van der Waals surface area contributed by atoms with Crippen LogP contribution in [0.3, 0.4) is 0 Å². The molecular weight excluding hydrogens is 406 g/mol. The maximum Gasteiger partial charge on any atom is 0.267 e. The number of aromatic nitrogens is 2. The van der Waals surface area contributed by atoms with Crippen LogP contribution in [-0.4, -0.2) is 23.2 Å². The van der Waals surface area contributed by atoms with Crippen LogP contribution < -0.4 is 5.32 Å². The molecule has 2 aromatic rings. The first-order valence-electron chi connectivity index (χ1n) is 4.67. The van der Waals surface area contributed by atoms with E-state index in [9.17, 15) is 4.79 Å². The smallest absolute Gasteiger partial charge is 0.267 e. The van der Waals surface area contributed by atoms with Crippen LogP contribution in [0, 0.1) is 0 Å². The zero-order valence-corrected chi connectivity index (χ0v) is 13.9. The lowest BCUT2D eigenvalue weighted by Gasteiger charge is -1.96. The first kappa shape index (κ1) is 14.1. The van der Waals surface area contributed by atoms with Crippen molar-refractivity contribution < 1.29 is 9.53 Å². The van der Waals surface area contributed by atoms with Crippen LogP contribution in [0.5, 0.6) is 0 Å². The Hall–Kier alpha value is -0.350. The molecule has 0 fully saturated rings. The van der Waals surface area contributed by atoms with Gasteiger partial charge in [0.15, 0.2) is 0 Å². The average molecular weight is 413 g/mol. The van der Waals surface area contributed by atoms with E-state index in [1.165, 1.54) is 22.7 Å². The van der Waals surface area contributed by atoms with Gasteiger partial charge >= 0.3 is 0 Å². The monoisotopic (exact) mass is 411 g/mol. The molecule has 0 aromatic carbocycles. The number of carbonyl (C=O) groups is 1. The van der Waals surface area contributed by atoms with Crippen molar-refractivity contribution in [2.45, 2.75) is 6.61 Å². The molecule has 0 saturated heterocycles. The summed E-state index contributed by atoms with van der Waals surface area (Å²) in [7, 11) is 1.58. The Morgan fingerprint density at radius 2 is 2.22 bits per heavy atom.